The van der Waals surface area contributed by atoms with Gasteiger partial charge < -0.3 is 5.73 Å². The van der Waals surface area contributed by atoms with E-state index in [4.69, 9.17) is 5.73 Å². The highest BCUT2D eigenvalue weighted by Crippen LogP contribution is 2.36. The van der Waals surface area contributed by atoms with Crippen molar-refractivity contribution in [2.24, 2.45) is 5.41 Å². The molecule has 0 saturated carbocycles. The number of rotatable bonds is 2. The first kappa shape index (κ1) is 13.1. The molecule has 0 unspecified atom stereocenters. The quantitative estimate of drug-likeness (QED) is 0.738. The van der Waals surface area contributed by atoms with Crippen LogP contribution in [-0.4, -0.2) is 0 Å². The molecule has 0 atom stereocenters. The first-order chi connectivity index (χ1) is 7.12. The van der Waals surface area contributed by atoms with Gasteiger partial charge in [-0.3, -0.25) is 0 Å². The SMILES string of the molecule is Cc1cc(C(C)(C)CC(C)(C)C)ccc1N. The van der Waals surface area contributed by atoms with Gasteiger partial charge in [0.15, 0.2) is 0 Å². The molecule has 0 aliphatic rings. The highest BCUT2D eigenvalue weighted by atomic mass is 14.6. The zero-order valence-electron chi connectivity index (χ0n) is 11.5. The maximum Gasteiger partial charge on any atom is 0.0343 e. The number of aryl methyl sites for hydroxylation is 1. The van der Waals surface area contributed by atoms with Crippen LogP contribution in [0.25, 0.3) is 0 Å². The minimum absolute atomic E-state index is 0.205. The van der Waals surface area contributed by atoms with Crippen molar-refractivity contribution in [1.82, 2.24) is 0 Å². The Morgan fingerprint density at radius 3 is 2.06 bits per heavy atom. The molecule has 0 radical (unpaired) electrons. The van der Waals surface area contributed by atoms with Crippen LogP contribution in [0.1, 0.15) is 52.2 Å². The van der Waals surface area contributed by atoms with Gasteiger partial charge in [0, 0.05) is 5.69 Å². The molecule has 1 aromatic carbocycles. The highest BCUT2D eigenvalue weighted by molar-refractivity contribution is 5.49. The second-order valence-electron chi connectivity index (χ2n) is 6.69. The number of hydrogen-bond acceptors (Lipinski definition) is 1. The third-order valence-corrected chi connectivity index (χ3v) is 3.02. The standard InChI is InChI=1S/C15H25N/c1-11-9-12(7-8-13(11)16)15(5,6)10-14(2,3)4/h7-9H,10,16H2,1-6H3. The average molecular weight is 219 g/mol. The van der Waals surface area contributed by atoms with E-state index in [2.05, 4.69) is 53.7 Å². The Morgan fingerprint density at radius 1 is 1.06 bits per heavy atom. The minimum atomic E-state index is 0.205. The van der Waals surface area contributed by atoms with Crippen LogP contribution in [0.5, 0.6) is 0 Å². The fourth-order valence-corrected chi connectivity index (χ4v) is 2.52. The van der Waals surface area contributed by atoms with Crippen LogP contribution in [-0.2, 0) is 5.41 Å². The summed E-state index contributed by atoms with van der Waals surface area (Å²) in [7, 11) is 0. The van der Waals surface area contributed by atoms with Crippen LogP contribution in [0.4, 0.5) is 5.69 Å². The van der Waals surface area contributed by atoms with Gasteiger partial charge in [0.1, 0.15) is 0 Å². The zero-order valence-corrected chi connectivity index (χ0v) is 11.5. The second-order valence-corrected chi connectivity index (χ2v) is 6.69. The molecule has 0 bridgehead atoms. The predicted molar refractivity (Wildman–Crippen MR) is 72.7 cm³/mol. The Hall–Kier alpha value is -0.980. The fourth-order valence-electron chi connectivity index (χ4n) is 2.52. The molecular formula is C15H25N. The lowest BCUT2D eigenvalue weighted by Gasteiger charge is -2.33. The molecule has 0 heterocycles. The summed E-state index contributed by atoms with van der Waals surface area (Å²) in [6, 6.07) is 6.41. The van der Waals surface area contributed by atoms with E-state index in [0.717, 1.165) is 5.69 Å². The third kappa shape index (κ3) is 3.26. The van der Waals surface area contributed by atoms with Gasteiger partial charge in [0.2, 0.25) is 0 Å². The van der Waals surface area contributed by atoms with Crippen LogP contribution < -0.4 is 5.73 Å². The topological polar surface area (TPSA) is 26.0 Å². The molecule has 1 rings (SSSR count). The maximum absolute atomic E-state index is 5.86. The fraction of sp³-hybridized carbons (Fsp3) is 0.600. The lowest BCUT2D eigenvalue weighted by Crippen LogP contribution is -2.24. The minimum Gasteiger partial charge on any atom is -0.399 e. The van der Waals surface area contributed by atoms with Crippen molar-refractivity contribution in [3.63, 3.8) is 0 Å². The van der Waals surface area contributed by atoms with Crippen LogP contribution in [0.3, 0.4) is 0 Å². The smallest absolute Gasteiger partial charge is 0.0343 e. The zero-order chi connectivity index (χ0) is 12.6. The molecule has 0 saturated heterocycles. The van der Waals surface area contributed by atoms with Gasteiger partial charge in [-0.15, -0.1) is 0 Å². The molecule has 0 aliphatic carbocycles. The van der Waals surface area contributed by atoms with Crippen molar-refractivity contribution in [2.75, 3.05) is 5.73 Å². The number of hydrogen-bond donors (Lipinski definition) is 1. The number of anilines is 1. The van der Waals surface area contributed by atoms with Gasteiger partial charge in [-0.1, -0.05) is 46.8 Å². The number of nitrogens with two attached hydrogens (primary N) is 1. The Labute approximate surface area is 100 Å². The third-order valence-electron chi connectivity index (χ3n) is 3.02. The Kier molecular flexibility index (Phi) is 3.37. The van der Waals surface area contributed by atoms with Crippen molar-refractivity contribution >= 4 is 5.69 Å². The summed E-state index contributed by atoms with van der Waals surface area (Å²) in [6.07, 6.45) is 1.17. The molecule has 2 N–H and O–H groups in total. The summed E-state index contributed by atoms with van der Waals surface area (Å²) < 4.78 is 0. The molecule has 1 aromatic rings. The van der Waals surface area contributed by atoms with Crippen molar-refractivity contribution in [3.8, 4) is 0 Å². The van der Waals surface area contributed by atoms with E-state index in [0.29, 0.717) is 5.41 Å². The monoisotopic (exact) mass is 219 g/mol. The van der Waals surface area contributed by atoms with Gasteiger partial charge in [-0.05, 0) is 41.4 Å². The van der Waals surface area contributed by atoms with Gasteiger partial charge in [0.05, 0.1) is 0 Å². The van der Waals surface area contributed by atoms with E-state index in [1.807, 2.05) is 6.07 Å². The summed E-state index contributed by atoms with van der Waals surface area (Å²) in [5, 5.41) is 0. The summed E-state index contributed by atoms with van der Waals surface area (Å²) in [6.45, 7) is 13.6. The lowest BCUT2D eigenvalue weighted by molar-refractivity contribution is 0.284. The summed E-state index contributed by atoms with van der Waals surface area (Å²) in [4.78, 5) is 0. The molecule has 16 heavy (non-hydrogen) atoms. The normalized spacial score (nSPS) is 12.9. The second kappa shape index (κ2) is 4.12. The maximum atomic E-state index is 5.86. The summed E-state index contributed by atoms with van der Waals surface area (Å²) in [5.41, 5.74) is 9.86. The van der Waals surface area contributed by atoms with Crippen LogP contribution in [0.2, 0.25) is 0 Å². The van der Waals surface area contributed by atoms with Gasteiger partial charge in [0.25, 0.3) is 0 Å². The van der Waals surface area contributed by atoms with Crippen LogP contribution in [0, 0.1) is 12.3 Å². The molecule has 1 nitrogen and oxygen atoms in total. The first-order valence-corrected chi connectivity index (χ1v) is 5.98. The van der Waals surface area contributed by atoms with Crippen molar-refractivity contribution in [2.45, 2.75) is 53.4 Å². The van der Waals surface area contributed by atoms with Crippen LogP contribution in [0.15, 0.2) is 18.2 Å². The Bertz CT molecular complexity index is 370. The highest BCUT2D eigenvalue weighted by Gasteiger charge is 2.27. The summed E-state index contributed by atoms with van der Waals surface area (Å²) >= 11 is 0. The Morgan fingerprint density at radius 2 is 1.62 bits per heavy atom. The number of nitrogen functional groups attached to an aromatic ring is 1. The van der Waals surface area contributed by atoms with E-state index in [-0.39, 0.29) is 5.41 Å². The molecule has 0 fully saturated rings. The van der Waals surface area contributed by atoms with Crippen molar-refractivity contribution in [3.05, 3.63) is 29.3 Å². The first-order valence-electron chi connectivity index (χ1n) is 5.98. The number of benzene rings is 1. The molecule has 0 amide bonds. The van der Waals surface area contributed by atoms with E-state index in [1.165, 1.54) is 17.5 Å². The lowest BCUT2D eigenvalue weighted by atomic mass is 9.72. The average Bonchev–Trinajstić information content (AvgIpc) is 2.05. The van der Waals surface area contributed by atoms with Gasteiger partial charge in [-0.25, -0.2) is 0 Å². The Balaban J connectivity index is 3.02. The molecule has 90 valence electrons. The van der Waals surface area contributed by atoms with Crippen molar-refractivity contribution < 1.29 is 0 Å². The van der Waals surface area contributed by atoms with E-state index >= 15 is 0 Å². The van der Waals surface area contributed by atoms with E-state index in [1.54, 1.807) is 0 Å². The molecular weight excluding hydrogens is 194 g/mol. The van der Waals surface area contributed by atoms with E-state index < -0.39 is 0 Å². The molecule has 0 aliphatic heterocycles. The van der Waals surface area contributed by atoms with Gasteiger partial charge in [-0.2, -0.15) is 0 Å². The van der Waals surface area contributed by atoms with Crippen LogP contribution >= 0.6 is 0 Å². The van der Waals surface area contributed by atoms with E-state index in [9.17, 15) is 0 Å². The molecule has 1 heteroatoms. The van der Waals surface area contributed by atoms with Gasteiger partial charge >= 0.3 is 0 Å². The summed E-state index contributed by atoms with van der Waals surface area (Å²) in [5.74, 6) is 0. The largest absolute Gasteiger partial charge is 0.399 e. The molecule has 0 spiro atoms. The van der Waals surface area contributed by atoms with Crippen molar-refractivity contribution in [1.29, 1.82) is 0 Å². The molecule has 0 aromatic heterocycles. The predicted octanol–water partition coefficient (Wildman–Crippen LogP) is 4.29.